The number of para-hydroxylation sites is 3. The summed E-state index contributed by atoms with van der Waals surface area (Å²) in [5.41, 5.74) is 0.745. The van der Waals surface area contributed by atoms with E-state index in [2.05, 4.69) is 5.32 Å². The first kappa shape index (κ1) is 27.3. The zero-order valence-electron chi connectivity index (χ0n) is 21.3. The number of carbonyl (C=O) groups is 4. The zero-order valence-corrected chi connectivity index (χ0v) is 22.0. The van der Waals surface area contributed by atoms with Crippen molar-refractivity contribution in [3.8, 4) is 5.75 Å². The van der Waals surface area contributed by atoms with Gasteiger partial charge in [-0.1, -0.05) is 66.2 Å². The van der Waals surface area contributed by atoms with E-state index in [1.165, 1.54) is 36.4 Å². The van der Waals surface area contributed by atoms with Crippen molar-refractivity contribution < 1.29 is 28.3 Å². The van der Waals surface area contributed by atoms with Gasteiger partial charge >= 0.3 is 6.03 Å². The summed E-state index contributed by atoms with van der Waals surface area (Å²) in [7, 11) is 0. The first-order valence-corrected chi connectivity index (χ1v) is 12.7. The number of nitrogens with zero attached hydrogens (tertiary/aromatic N) is 2. The topological polar surface area (TPSA) is 96.0 Å². The molecule has 0 unspecified atom stereocenters. The largest absolute Gasteiger partial charge is 0.482 e. The van der Waals surface area contributed by atoms with Gasteiger partial charge in [0.25, 0.3) is 17.7 Å². The van der Waals surface area contributed by atoms with Gasteiger partial charge in [-0.15, -0.1) is 0 Å². The lowest BCUT2D eigenvalue weighted by atomic mass is 10.0. The molecular weight excluding hydrogens is 549 g/mol. The minimum Gasteiger partial charge on any atom is -0.482 e. The summed E-state index contributed by atoms with van der Waals surface area (Å²) in [6.45, 7) is -0.439. The number of barbiturate groups is 1. The number of urea groups is 1. The molecule has 10 heteroatoms. The highest BCUT2D eigenvalue weighted by Gasteiger charge is 2.43. The van der Waals surface area contributed by atoms with Gasteiger partial charge in [-0.05, 0) is 60.2 Å². The molecule has 0 bridgehead atoms. The molecule has 1 aliphatic heterocycles. The van der Waals surface area contributed by atoms with Crippen molar-refractivity contribution in [3.63, 3.8) is 0 Å². The van der Waals surface area contributed by atoms with Gasteiger partial charge in [0.1, 0.15) is 17.1 Å². The number of hydrogen-bond donors (Lipinski definition) is 1. The number of carbonyl (C=O) groups excluding carboxylic acids is 4. The molecule has 1 aliphatic rings. The lowest BCUT2D eigenvalue weighted by Gasteiger charge is -2.33. The summed E-state index contributed by atoms with van der Waals surface area (Å²) >= 11 is 6.37. The van der Waals surface area contributed by atoms with Crippen LogP contribution in [-0.2, 0) is 14.4 Å². The number of amides is 5. The van der Waals surface area contributed by atoms with Crippen LogP contribution in [0.3, 0.4) is 0 Å². The molecular formula is C31H21ClFN3O5. The number of rotatable bonds is 7. The van der Waals surface area contributed by atoms with Crippen LogP contribution in [0.25, 0.3) is 6.08 Å². The Labute approximate surface area is 239 Å². The average Bonchev–Trinajstić information content (AvgIpc) is 2.97. The Kier molecular flexibility index (Phi) is 7.89. The van der Waals surface area contributed by atoms with Crippen molar-refractivity contribution in [2.45, 2.75) is 0 Å². The molecule has 5 rings (SSSR count). The Morgan fingerprint density at radius 1 is 0.805 bits per heavy atom. The average molecular weight is 570 g/mol. The number of anilines is 3. The number of imide groups is 2. The van der Waals surface area contributed by atoms with Gasteiger partial charge in [-0.25, -0.2) is 19.0 Å². The quantitative estimate of drug-likeness (QED) is 0.215. The third-order valence-corrected chi connectivity index (χ3v) is 6.35. The van der Waals surface area contributed by atoms with Crippen molar-refractivity contribution in [2.75, 3.05) is 21.7 Å². The van der Waals surface area contributed by atoms with Crippen LogP contribution in [0, 0.1) is 5.82 Å². The van der Waals surface area contributed by atoms with Gasteiger partial charge in [0.15, 0.2) is 6.61 Å². The van der Waals surface area contributed by atoms with Crippen LogP contribution in [-0.4, -0.2) is 30.4 Å². The van der Waals surface area contributed by atoms with Crippen molar-refractivity contribution in [3.05, 3.63) is 125 Å². The number of nitrogens with one attached hydrogen (secondary N) is 1. The molecule has 1 saturated heterocycles. The van der Waals surface area contributed by atoms with Crippen LogP contribution in [0.4, 0.5) is 26.2 Å². The van der Waals surface area contributed by atoms with Gasteiger partial charge in [-0.3, -0.25) is 14.4 Å². The Morgan fingerprint density at radius 3 is 1.93 bits per heavy atom. The van der Waals surface area contributed by atoms with E-state index < -0.39 is 36.2 Å². The van der Waals surface area contributed by atoms with E-state index in [4.69, 9.17) is 16.3 Å². The number of hydrogen-bond acceptors (Lipinski definition) is 5. The van der Waals surface area contributed by atoms with Crippen LogP contribution in [0.15, 0.2) is 109 Å². The van der Waals surface area contributed by atoms with Crippen LogP contribution in [0.5, 0.6) is 5.75 Å². The molecule has 4 aromatic carbocycles. The summed E-state index contributed by atoms with van der Waals surface area (Å²) in [4.78, 5) is 54.5. The van der Waals surface area contributed by atoms with E-state index in [1.54, 1.807) is 72.8 Å². The lowest BCUT2D eigenvalue weighted by molar-refractivity contribution is -0.121. The maximum absolute atomic E-state index is 13.8. The minimum atomic E-state index is -0.801. The molecule has 41 heavy (non-hydrogen) atoms. The van der Waals surface area contributed by atoms with Gasteiger partial charge in [-0.2, -0.15) is 0 Å². The highest BCUT2D eigenvalue weighted by atomic mass is 35.5. The molecule has 0 spiro atoms. The Bertz CT molecular complexity index is 1610. The van der Waals surface area contributed by atoms with Crippen LogP contribution in [0.2, 0.25) is 5.02 Å². The van der Waals surface area contributed by atoms with Gasteiger partial charge < -0.3 is 10.1 Å². The van der Waals surface area contributed by atoms with Crippen molar-refractivity contribution in [1.29, 1.82) is 0 Å². The molecule has 0 aromatic heterocycles. The second-order valence-electron chi connectivity index (χ2n) is 8.80. The standard InChI is InChI=1S/C31H21ClFN3O5/c32-24-18-20(15-16-27(24)41-19-28(37)34-26-14-8-7-13-25(26)33)17-23-29(38)35(21-9-3-1-4-10-21)31(40)36(30(23)39)22-11-5-2-6-12-22/h1-18H,19H2,(H,34,37). The number of benzene rings is 4. The first-order chi connectivity index (χ1) is 19.8. The monoisotopic (exact) mass is 569 g/mol. The number of halogens is 2. The molecule has 8 nitrogen and oxygen atoms in total. The Hall–Kier alpha value is -5.28. The molecule has 0 radical (unpaired) electrons. The third-order valence-electron chi connectivity index (χ3n) is 6.05. The van der Waals surface area contributed by atoms with E-state index in [-0.39, 0.29) is 22.0 Å². The molecule has 1 fully saturated rings. The summed E-state index contributed by atoms with van der Waals surface area (Å²) < 4.78 is 19.3. The van der Waals surface area contributed by atoms with Gasteiger partial charge in [0.05, 0.1) is 22.1 Å². The van der Waals surface area contributed by atoms with Crippen molar-refractivity contribution in [2.24, 2.45) is 0 Å². The van der Waals surface area contributed by atoms with E-state index in [0.29, 0.717) is 16.9 Å². The summed E-state index contributed by atoms with van der Waals surface area (Å²) in [5.74, 6) is -2.60. The zero-order chi connectivity index (χ0) is 28.9. The van der Waals surface area contributed by atoms with Crippen LogP contribution in [0.1, 0.15) is 5.56 Å². The fourth-order valence-electron chi connectivity index (χ4n) is 4.12. The predicted octanol–water partition coefficient (Wildman–Crippen LogP) is 6.08. The highest BCUT2D eigenvalue weighted by Crippen LogP contribution is 2.31. The van der Waals surface area contributed by atoms with Crippen molar-refractivity contribution in [1.82, 2.24) is 0 Å². The van der Waals surface area contributed by atoms with E-state index in [1.807, 2.05) is 0 Å². The minimum absolute atomic E-state index is 0.0172. The maximum atomic E-state index is 13.8. The first-order valence-electron chi connectivity index (χ1n) is 12.3. The SMILES string of the molecule is O=C(COc1ccc(C=C2C(=O)N(c3ccccc3)C(=O)N(c3ccccc3)C2=O)cc1Cl)Nc1ccccc1F. The molecule has 4 aromatic rings. The second kappa shape index (κ2) is 11.8. The predicted molar refractivity (Wildman–Crippen MR) is 153 cm³/mol. The Morgan fingerprint density at radius 2 is 1.37 bits per heavy atom. The maximum Gasteiger partial charge on any atom is 0.343 e. The van der Waals surface area contributed by atoms with Gasteiger partial charge in [0.2, 0.25) is 0 Å². The fourth-order valence-corrected chi connectivity index (χ4v) is 4.37. The molecule has 0 aliphatic carbocycles. The molecule has 1 heterocycles. The van der Waals surface area contributed by atoms with Gasteiger partial charge in [0, 0.05) is 0 Å². The molecule has 204 valence electrons. The van der Waals surface area contributed by atoms with Crippen LogP contribution >= 0.6 is 11.6 Å². The smallest absolute Gasteiger partial charge is 0.343 e. The Balaban J connectivity index is 1.40. The molecule has 0 atom stereocenters. The second-order valence-corrected chi connectivity index (χ2v) is 9.21. The van der Waals surface area contributed by atoms with Crippen molar-refractivity contribution >= 4 is 58.5 Å². The van der Waals surface area contributed by atoms with Crippen LogP contribution < -0.4 is 19.9 Å². The molecule has 0 saturated carbocycles. The van der Waals surface area contributed by atoms with E-state index >= 15 is 0 Å². The molecule has 5 amide bonds. The fraction of sp³-hybridized carbons (Fsp3) is 0.0323. The normalized spacial score (nSPS) is 13.3. The summed E-state index contributed by atoms with van der Waals surface area (Å²) in [5, 5.41) is 2.51. The summed E-state index contributed by atoms with van der Waals surface area (Å²) in [6.07, 6.45) is 1.34. The molecule has 1 N–H and O–H groups in total. The lowest BCUT2D eigenvalue weighted by Crippen LogP contribution is -2.57. The summed E-state index contributed by atoms with van der Waals surface area (Å²) in [6, 6.07) is 26.0. The third kappa shape index (κ3) is 5.85. The van der Waals surface area contributed by atoms with E-state index in [9.17, 15) is 23.6 Å². The number of ether oxygens (including phenoxy) is 1. The van der Waals surface area contributed by atoms with E-state index in [0.717, 1.165) is 9.80 Å². The highest BCUT2D eigenvalue weighted by molar-refractivity contribution is 6.46.